The molecule has 556 valence electrons. The number of nitrogens with zero attached hydrogens (tertiary/aromatic N) is 4. The molecule has 0 amide bonds. The molecule has 0 aliphatic heterocycles. The second kappa shape index (κ2) is 33.9. The molecule has 105 heavy (non-hydrogen) atoms. The van der Waals surface area contributed by atoms with E-state index in [2.05, 4.69) is 283 Å². The van der Waals surface area contributed by atoms with Crippen LogP contribution < -0.4 is 29.6 Å². The second-order valence-corrected chi connectivity index (χ2v) is 35.0. The summed E-state index contributed by atoms with van der Waals surface area (Å²) in [6.07, 6.45) is 37.6. The maximum Gasteiger partial charge on any atom is 0.206 e. The van der Waals surface area contributed by atoms with Gasteiger partial charge in [0.1, 0.15) is 0 Å². The lowest BCUT2D eigenvalue weighted by atomic mass is 9.66. The van der Waals surface area contributed by atoms with E-state index in [-0.39, 0.29) is 0 Å². The lowest BCUT2D eigenvalue weighted by Gasteiger charge is -2.40. The minimum atomic E-state index is 0.410. The number of benzene rings is 6. The molecule has 0 saturated heterocycles. The number of anilines is 4. The quantitative estimate of drug-likeness (QED) is 0.0799. The van der Waals surface area contributed by atoms with Crippen molar-refractivity contribution < 1.29 is 9.98 Å². The first-order valence-electron chi connectivity index (χ1n) is 43.0. The normalized spacial score (nSPS) is 29.8. The van der Waals surface area contributed by atoms with Crippen molar-refractivity contribution in [1.29, 1.82) is 0 Å². The summed E-state index contributed by atoms with van der Waals surface area (Å²) in [5, 5.41) is 0. The van der Waals surface area contributed by atoms with Crippen molar-refractivity contribution in [1.82, 2.24) is 0 Å². The van der Waals surface area contributed by atoms with Gasteiger partial charge in [-0.15, -0.1) is 0 Å². The molecule has 0 bridgehead atoms. The zero-order valence-corrected chi connectivity index (χ0v) is 66.9. The smallest absolute Gasteiger partial charge is 0.206 e. The topological polar surface area (TPSA) is 40.9 Å². The van der Waals surface area contributed by atoms with Crippen LogP contribution in [0.25, 0.3) is 22.3 Å². The lowest BCUT2D eigenvalue weighted by Crippen LogP contribution is -2.84. The maximum absolute atomic E-state index is 4.30. The van der Waals surface area contributed by atoms with Crippen LogP contribution in [0.1, 0.15) is 262 Å². The van der Waals surface area contributed by atoms with Crippen LogP contribution in [0.4, 0.5) is 22.7 Å². The van der Waals surface area contributed by atoms with Crippen LogP contribution in [-0.4, -0.2) is 73.9 Å². The first kappa shape index (κ1) is 74.7. The Balaban J connectivity index is 0.693. The molecule has 0 aromatic heterocycles. The fraction of sp³-hybridized carbons (Fsp3) is 0.535. The Kier molecular flexibility index (Phi) is 24.1. The number of hydrogen-bond donors (Lipinski definition) is 2. The van der Waals surface area contributed by atoms with Crippen LogP contribution in [0.3, 0.4) is 0 Å². The number of hydrogen-bond acceptors (Lipinski definition) is 4. The van der Waals surface area contributed by atoms with Crippen LogP contribution >= 0.6 is 0 Å². The Morgan fingerprint density at radius 1 is 0.295 bits per heavy atom. The number of nitrogens with one attached hydrogen (secondary N) is 2. The molecule has 6 aromatic carbocycles. The van der Waals surface area contributed by atoms with E-state index in [0.29, 0.717) is 83.6 Å². The molecule has 14 rings (SSSR count). The third-order valence-electron chi connectivity index (χ3n) is 28.1. The second-order valence-electron chi connectivity index (χ2n) is 35.0. The van der Waals surface area contributed by atoms with E-state index in [0.717, 1.165) is 38.0 Å². The Morgan fingerprint density at radius 3 is 0.790 bits per heavy atom. The van der Waals surface area contributed by atoms with Gasteiger partial charge in [-0.05, 0) is 275 Å². The zero-order chi connectivity index (χ0) is 72.8. The Labute approximate surface area is 636 Å². The predicted molar refractivity (Wildman–Crippen MR) is 451 cm³/mol. The highest BCUT2D eigenvalue weighted by Gasteiger charge is 2.43. The average Bonchev–Trinajstić information content (AvgIpc) is 0.766. The van der Waals surface area contributed by atoms with Crippen molar-refractivity contribution in [3.63, 3.8) is 0 Å². The van der Waals surface area contributed by atoms with E-state index >= 15 is 0 Å². The first-order valence-corrected chi connectivity index (χ1v) is 43.0. The zero-order valence-electron chi connectivity index (χ0n) is 66.9. The lowest BCUT2D eigenvalue weighted by molar-refractivity contribution is -0.527. The Hall–Kier alpha value is -7.18. The molecule has 8 aliphatic rings. The van der Waals surface area contributed by atoms with Gasteiger partial charge >= 0.3 is 0 Å². The van der Waals surface area contributed by atoms with Gasteiger partial charge in [0.15, 0.2) is 12.1 Å². The molecule has 0 heterocycles. The van der Waals surface area contributed by atoms with Gasteiger partial charge in [0.05, 0.1) is 11.1 Å². The van der Waals surface area contributed by atoms with E-state index in [1.807, 2.05) is 0 Å². The van der Waals surface area contributed by atoms with Crippen LogP contribution in [0.2, 0.25) is 0 Å². The summed E-state index contributed by atoms with van der Waals surface area (Å²) in [7, 11) is 0. The molecule has 6 heteroatoms. The van der Waals surface area contributed by atoms with Crippen LogP contribution in [0, 0.1) is 59.2 Å². The number of rotatable bonds is 20. The molecule has 2 N–H and O–H groups in total. The summed E-state index contributed by atoms with van der Waals surface area (Å²) in [6, 6.07) is 60.8. The highest BCUT2D eigenvalue weighted by atomic mass is 15.2. The number of fused-ring (bicyclic) bond motifs is 2. The van der Waals surface area contributed by atoms with E-state index in [1.54, 1.807) is 0 Å². The van der Waals surface area contributed by atoms with Crippen molar-refractivity contribution >= 4 is 56.5 Å². The monoisotopic (exact) mass is 1410 g/mol. The minimum Gasteiger partial charge on any atom is -0.369 e. The Bertz CT molecular complexity index is 3630. The van der Waals surface area contributed by atoms with Crippen LogP contribution in [0.5, 0.6) is 0 Å². The standard InChI is InChI=1S/C99H130N6/c1-13-102(92-37-25-17-29-66(92)5)80-49-41-76(42-50-80)96(77-43-51-81(52-44-77)103(14-2)93-38-26-18-30-67(93)6)88-57-59-90(86-35-23-21-33-84(86)88)100-98-70(9)61-74(62-71(98)10)65-75-63-72(11)99(73(12)64-75)101-91-60-58-89(85-34-22-24-36-87(85)91)97(78-45-53-82(54-46-78)104(15-3)94-39-27-19-31-68(94)7)79-47-55-83(56-48-79)105(16-4)95-40-28-20-32-69(95)8/h21-24,33-36,41-60,66-75,92-95,98-99H,13-20,25-32,37-40,61-65H2,1-12H3/p+2. The summed E-state index contributed by atoms with van der Waals surface area (Å²) in [5.74, 6) is 6.63. The van der Waals surface area contributed by atoms with Gasteiger partial charge < -0.3 is 19.6 Å². The van der Waals surface area contributed by atoms with E-state index in [9.17, 15) is 0 Å². The molecule has 6 saturated carbocycles. The van der Waals surface area contributed by atoms with Crippen molar-refractivity contribution in [2.45, 2.75) is 254 Å². The van der Waals surface area contributed by atoms with Crippen LogP contribution in [0.15, 0.2) is 170 Å². The average molecular weight is 1410 g/mol. The van der Waals surface area contributed by atoms with Gasteiger partial charge in [0.25, 0.3) is 0 Å². The van der Waals surface area contributed by atoms with Crippen LogP contribution in [-0.2, 0) is 0 Å². The molecule has 6 aromatic rings. The first-order chi connectivity index (χ1) is 51.2. The molecule has 0 spiro atoms. The fourth-order valence-corrected chi connectivity index (χ4v) is 22.8. The molecule has 0 radical (unpaired) electrons. The summed E-state index contributed by atoms with van der Waals surface area (Å²) in [6.45, 7) is 33.7. The van der Waals surface area contributed by atoms with Crippen molar-refractivity contribution in [3.05, 3.63) is 214 Å². The molecule has 6 fully saturated rings. The SMILES string of the molecule is CCN(c1ccc(C(=C2C=CC(=[NH+]C3C(C)CC(CC4CC(C)C([NH+]=C5C=CC(=C(c6ccc(N(CC)C7CCCCC7C)cc6)c6ccc(N(CC)C7CCCCC7C)cc6)c6ccccc65)C(C)C4)CC3C)c3ccccc32)c2ccc(N(CC)C3CCCCC3C)cc2)cc1)C1CCCCC1C. The van der Waals surface area contributed by atoms with Gasteiger partial charge in [-0.3, -0.25) is 0 Å². The summed E-state index contributed by atoms with van der Waals surface area (Å²) < 4.78 is 0. The maximum atomic E-state index is 4.30. The van der Waals surface area contributed by atoms with Gasteiger partial charge in [-0.2, -0.15) is 0 Å². The summed E-state index contributed by atoms with van der Waals surface area (Å²) in [5.41, 5.74) is 23.7. The largest absolute Gasteiger partial charge is 0.369 e. The molecule has 12 unspecified atom stereocenters. The van der Waals surface area contributed by atoms with E-state index in [1.165, 1.54) is 236 Å². The summed E-state index contributed by atoms with van der Waals surface area (Å²) in [4.78, 5) is 19.4. The fourth-order valence-electron chi connectivity index (χ4n) is 22.8. The van der Waals surface area contributed by atoms with Gasteiger partial charge in [0.2, 0.25) is 11.4 Å². The number of allylic oxidation sites excluding steroid dienone is 6. The molecular formula is C99H132N6+2. The van der Waals surface area contributed by atoms with Crippen molar-refractivity contribution in [3.8, 4) is 0 Å². The van der Waals surface area contributed by atoms with Crippen molar-refractivity contribution in [2.24, 2.45) is 59.2 Å². The molecular weight excluding hydrogens is 1270 g/mol. The molecule has 12 atom stereocenters. The summed E-state index contributed by atoms with van der Waals surface area (Å²) >= 11 is 0. The minimum absolute atomic E-state index is 0.410. The molecule has 8 aliphatic carbocycles. The van der Waals surface area contributed by atoms with Gasteiger partial charge in [-0.25, -0.2) is 9.98 Å². The third kappa shape index (κ3) is 16.1. The van der Waals surface area contributed by atoms with E-state index < -0.39 is 0 Å². The Morgan fingerprint density at radius 2 is 0.543 bits per heavy atom. The van der Waals surface area contributed by atoms with Gasteiger partial charge in [0, 0.05) is 109 Å². The molecule has 6 nitrogen and oxygen atoms in total. The highest BCUT2D eigenvalue weighted by Crippen LogP contribution is 2.46. The third-order valence-corrected chi connectivity index (χ3v) is 28.1. The predicted octanol–water partition coefficient (Wildman–Crippen LogP) is 21.3. The highest BCUT2D eigenvalue weighted by molar-refractivity contribution is 6.18. The van der Waals surface area contributed by atoms with Gasteiger partial charge in [-0.1, -0.05) is 192 Å². The van der Waals surface area contributed by atoms with E-state index in [4.69, 9.17) is 0 Å². The van der Waals surface area contributed by atoms with Crippen molar-refractivity contribution in [2.75, 3.05) is 45.8 Å².